The van der Waals surface area contributed by atoms with Crippen LogP contribution in [0.4, 0.5) is 0 Å². The van der Waals surface area contributed by atoms with E-state index in [4.69, 9.17) is 4.52 Å². The third kappa shape index (κ3) is 3.88. The van der Waals surface area contributed by atoms with Crippen molar-refractivity contribution in [3.8, 4) is 11.3 Å². The number of hydrogen-bond acceptors (Lipinski definition) is 4. The number of likely N-dealkylation sites (tertiary alicyclic amines) is 1. The van der Waals surface area contributed by atoms with Gasteiger partial charge < -0.3 is 14.7 Å². The molecule has 2 aromatic carbocycles. The molecule has 1 aliphatic heterocycles. The lowest BCUT2D eigenvalue weighted by atomic mass is 10.0. The normalized spacial score (nSPS) is 15.9. The number of rotatable bonds is 5. The van der Waals surface area contributed by atoms with E-state index in [9.17, 15) is 4.79 Å². The van der Waals surface area contributed by atoms with Gasteiger partial charge in [-0.2, -0.15) is 0 Å². The summed E-state index contributed by atoms with van der Waals surface area (Å²) in [6, 6.07) is 15.7. The molecule has 1 aromatic heterocycles. The first-order valence-corrected chi connectivity index (χ1v) is 9.72. The smallest absolute Gasteiger partial charge is 0.251 e. The Bertz CT molecular complexity index is 912. The maximum absolute atomic E-state index is 12.8. The van der Waals surface area contributed by atoms with Crippen LogP contribution in [0.5, 0.6) is 0 Å². The number of fused-ring (bicyclic) bond motifs is 1. The average molecular weight is 363 g/mol. The molecule has 0 atom stereocenters. The van der Waals surface area contributed by atoms with E-state index in [1.165, 1.54) is 6.42 Å². The number of aromatic nitrogens is 1. The molecule has 2 heterocycles. The third-order valence-electron chi connectivity index (χ3n) is 5.24. The van der Waals surface area contributed by atoms with E-state index in [2.05, 4.69) is 22.3 Å². The largest absolute Gasteiger partial charge is 0.355 e. The van der Waals surface area contributed by atoms with Crippen LogP contribution in [0.3, 0.4) is 0 Å². The molecule has 0 radical (unpaired) electrons. The van der Waals surface area contributed by atoms with Gasteiger partial charge in [-0.3, -0.25) is 4.79 Å². The van der Waals surface area contributed by atoms with Crippen molar-refractivity contribution >= 4 is 16.8 Å². The molecule has 1 N–H and O–H groups in total. The molecule has 0 bridgehead atoms. The van der Waals surface area contributed by atoms with E-state index in [1.54, 1.807) is 0 Å². The monoisotopic (exact) mass is 363 g/mol. The second-order valence-electron chi connectivity index (χ2n) is 7.20. The minimum Gasteiger partial charge on any atom is -0.355 e. The number of nitrogens with zero attached hydrogens (tertiary/aromatic N) is 2. The fourth-order valence-electron chi connectivity index (χ4n) is 3.77. The van der Waals surface area contributed by atoms with E-state index in [1.807, 2.05) is 48.5 Å². The Labute approximate surface area is 159 Å². The van der Waals surface area contributed by atoms with Crippen LogP contribution in [0.2, 0.25) is 0 Å². The molecule has 140 valence electrons. The molecule has 1 aliphatic rings. The molecule has 1 fully saturated rings. The zero-order chi connectivity index (χ0) is 18.6. The first-order chi connectivity index (χ1) is 13.2. The zero-order valence-electron chi connectivity index (χ0n) is 15.6. The second kappa shape index (κ2) is 7.92. The molecule has 1 saturated heterocycles. The Hall–Kier alpha value is -2.66. The highest BCUT2D eigenvalue weighted by molar-refractivity contribution is 6.01. The van der Waals surface area contributed by atoms with Crippen molar-refractivity contribution in [2.45, 2.75) is 32.2 Å². The lowest BCUT2D eigenvalue weighted by Crippen LogP contribution is -2.44. The summed E-state index contributed by atoms with van der Waals surface area (Å²) in [6.07, 6.45) is 3.20. The summed E-state index contributed by atoms with van der Waals surface area (Å²) in [4.78, 5) is 15.2. The number of carbonyl (C=O) groups excluding carboxylic acids is 1. The predicted octanol–water partition coefficient (Wildman–Crippen LogP) is 4.10. The van der Waals surface area contributed by atoms with Gasteiger partial charge in [0, 0.05) is 30.3 Å². The molecule has 5 nitrogen and oxygen atoms in total. The summed E-state index contributed by atoms with van der Waals surface area (Å²) in [5.74, 6) is 0.680. The molecule has 4 rings (SSSR count). The summed E-state index contributed by atoms with van der Waals surface area (Å²) in [6.45, 7) is 5.47. The third-order valence-corrected chi connectivity index (χ3v) is 5.24. The van der Waals surface area contributed by atoms with Crippen molar-refractivity contribution in [3.05, 3.63) is 54.1 Å². The average Bonchev–Trinajstić information content (AvgIpc) is 3.13. The summed E-state index contributed by atoms with van der Waals surface area (Å²) >= 11 is 0. The first-order valence-electron chi connectivity index (χ1n) is 9.72. The van der Waals surface area contributed by atoms with Crippen molar-refractivity contribution in [2.24, 2.45) is 0 Å². The van der Waals surface area contributed by atoms with Gasteiger partial charge in [0.2, 0.25) is 0 Å². The van der Waals surface area contributed by atoms with Crippen LogP contribution in [0.1, 0.15) is 36.5 Å². The van der Waals surface area contributed by atoms with Gasteiger partial charge >= 0.3 is 0 Å². The fourth-order valence-corrected chi connectivity index (χ4v) is 3.77. The first kappa shape index (κ1) is 17.7. The van der Waals surface area contributed by atoms with Crippen LogP contribution in [-0.4, -0.2) is 41.6 Å². The molecule has 5 heteroatoms. The lowest BCUT2D eigenvalue weighted by Gasteiger charge is -2.32. The molecule has 27 heavy (non-hydrogen) atoms. The summed E-state index contributed by atoms with van der Waals surface area (Å²) in [7, 11) is 0. The molecular weight excluding hydrogens is 338 g/mol. The van der Waals surface area contributed by atoms with Crippen molar-refractivity contribution in [2.75, 3.05) is 19.6 Å². The summed E-state index contributed by atoms with van der Waals surface area (Å²) in [5.41, 5.74) is 2.37. The Kier molecular flexibility index (Phi) is 5.21. The Morgan fingerprint density at radius 3 is 2.70 bits per heavy atom. The molecular formula is C22H25N3O2. The SMILES string of the molecule is CCCN1CCC(NC(=O)c2ccc3noc(-c4ccccc4)c3c2)CC1. The molecule has 0 saturated carbocycles. The topological polar surface area (TPSA) is 58.4 Å². The van der Waals surface area contributed by atoms with E-state index < -0.39 is 0 Å². The van der Waals surface area contributed by atoms with Gasteiger partial charge in [-0.15, -0.1) is 0 Å². The van der Waals surface area contributed by atoms with Crippen molar-refractivity contribution < 1.29 is 9.32 Å². The maximum atomic E-state index is 12.8. The van der Waals surface area contributed by atoms with Crippen molar-refractivity contribution in [1.82, 2.24) is 15.4 Å². The molecule has 3 aromatic rings. The van der Waals surface area contributed by atoms with Gasteiger partial charge in [0.1, 0.15) is 5.52 Å². The van der Waals surface area contributed by atoms with Gasteiger partial charge in [-0.25, -0.2) is 0 Å². The van der Waals surface area contributed by atoms with Crippen LogP contribution in [0.25, 0.3) is 22.2 Å². The molecule has 1 amide bonds. The second-order valence-corrected chi connectivity index (χ2v) is 7.20. The van der Waals surface area contributed by atoms with Crippen LogP contribution in [0, 0.1) is 0 Å². The maximum Gasteiger partial charge on any atom is 0.251 e. The van der Waals surface area contributed by atoms with Crippen molar-refractivity contribution in [1.29, 1.82) is 0 Å². The van der Waals surface area contributed by atoms with Gasteiger partial charge in [0.05, 0.1) is 5.39 Å². The van der Waals surface area contributed by atoms with E-state index >= 15 is 0 Å². The Morgan fingerprint density at radius 1 is 1.19 bits per heavy atom. The Balaban J connectivity index is 1.50. The highest BCUT2D eigenvalue weighted by atomic mass is 16.5. The molecule has 0 unspecified atom stereocenters. The summed E-state index contributed by atoms with van der Waals surface area (Å²) in [5, 5.41) is 8.19. The van der Waals surface area contributed by atoms with E-state index in [-0.39, 0.29) is 11.9 Å². The predicted molar refractivity (Wildman–Crippen MR) is 107 cm³/mol. The number of hydrogen-bond donors (Lipinski definition) is 1. The highest BCUT2D eigenvalue weighted by Gasteiger charge is 2.21. The molecule has 0 aliphatic carbocycles. The number of piperidine rings is 1. The number of carbonyl (C=O) groups is 1. The quantitative estimate of drug-likeness (QED) is 0.741. The Morgan fingerprint density at radius 2 is 1.96 bits per heavy atom. The van der Waals surface area contributed by atoms with Gasteiger partial charge in [0.25, 0.3) is 5.91 Å². The number of benzene rings is 2. The van der Waals surface area contributed by atoms with Crippen LogP contribution in [0.15, 0.2) is 53.1 Å². The lowest BCUT2D eigenvalue weighted by molar-refractivity contribution is 0.0911. The van der Waals surface area contributed by atoms with Gasteiger partial charge in [0.15, 0.2) is 5.76 Å². The van der Waals surface area contributed by atoms with E-state index in [0.717, 1.165) is 48.9 Å². The number of nitrogens with one attached hydrogen (secondary N) is 1. The minimum absolute atomic E-state index is 0.0222. The number of amides is 1. The van der Waals surface area contributed by atoms with Crippen LogP contribution >= 0.6 is 0 Å². The summed E-state index contributed by atoms with van der Waals surface area (Å²) < 4.78 is 5.53. The molecule has 0 spiro atoms. The van der Waals surface area contributed by atoms with Crippen LogP contribution < -0.4 is 5.32 Å². The highest BCUT2D eigenvalue weighted by Crippen LogP contribution is 2.29. The van der Waals surface area contributed by atoms with Gasteiger partial charge in [-0.05, 0) is 44.0 Å². The fraction of sp³-hybridized carbons (Fsp3) is 0.364. The van der Waals surface area contributed by atoms with Gasteiger partial charge in [-0.1, -0.05) is 42.4 Å². The zero-order valence-corrected chi connectivity index (χ0v) is 15.6. The van der Waals surface area contributed by atoms with Crippen molar-refractivity contribution in [3.63, 3.8) is 0 Å². The van der Waals surface area contributed by atoms with Crippen LogP contribution in [-0.2, 0) is 0 Å². The van der Waals surface area contributed by atoms with E-state index in [0.29, 0.717) is 11.3 Å². The standard InChI is InChI=1S/C22H25N3O2/c1-2-12-25-13-10-18(11-14-25)23-22(26)17-8-9-20-19(15-17)21(27-24-20)16-6-4-3-5-7-16/h3-9,15,18H,2,10-14H2,1H3,(H,23,26). The minimum atomic E-state index is -0.0222.